The average molecular weight is 343 g/mol. The van der Waals surface area contributed by atoms with Crippen LogP contribution in [0.25, 0.3) is 0 Å². The summed E-state index contributed by atoms with van der Waals surface area (Å²) in [7, 11) is 0. The monoisotopic (exact) mass is 342 g/mol. The molecule has 1 N–H and O–H groups in total. The summed E-state index contributed by atoms with van der Waals surface area (Å²) in [4.78, 5) is 10.7. The van der Waals surface area contributed by atoms with Gasteiger partial charge in [0.25, 0.3) is 0 Å². The molecule has 104 valence electrons. The van der Waals surface area contributed by atoms with E-state index in [2.05, 4.69) is 15.9 Å². The highest BCUT2D eigenvalue weighted by atomic mass is 79.9. The summed E-state index contributed by atoms with van der Waals surface area (Å²) in [5.74, 6) is -2.56. The molecule has 2 rings (SSSR count). The Morgan fingerprint density at radius 1 is 1.15 bits per heavy atom. The molecule has 2 aromatic rings. The summed E-state index contributed by atoms with van der Waals surface area (Å²) in [6.07, 6.45) is 0. The minimum absolute atomic E-state index is 0.0784. The fourth-order valence-corrected chi connectivity index (χ4v) is 1.89. The maximum atomic E-state index is 13.5. The first-order chi connectivity index (χ1) is 9.47. The predicted molar refractivity (Wildman–Crippen MR) is 71.8 cm³/mol. The molecule has 3 nitrogen and oxygen atoms in total. The third-order valence-electron chi connectivity index (χ3n) is 2.58. The zero-order valence-corrected chi connectivity index (χ0v) is 11.7. The van der Waals surface area contributed by atoms with E-state index in [4.69, 9.17) is 9.84 Å². The number of hydrogen-bond acceptors (Lipinski definition) is 2. The summed E-state index contributed by atoms with van der Waals surface area (Å²) in [6.45, 7) is -0.0784. The molecule has 0 aliphatic carbocycles. The highest BCUT2D eigenvalue weighted by Gasteiger charge is 2.11. The van der Waals surface area contributed by atoms with Crippen molar-refractivity contribution in [3.05, 3.63) is 63.6 Å². The number of hydrogen-bond donors (Lipinski definition) is 1. The lowest BCUT2D eigenvalue weighted by Gasteiger charge is -2.08. The average Bonchev–Trinajstić information content (AvgIpc) is 2.37. The number of halogens is 3. The fourth-order valence-electron chi connectivity index (χ4n) is 1.56. The molecule has 0 heterocycles. The summed E-state index contributed by atoms with van der Waals surface area (Å²) in [6, 6.07) is 7.89. The van der Waals surface area contributed by atoms with Crippen LogP contribution in [0.15, 0.2) is 40.9 Å². The standard InChI is InChI=1S/C14H9BrF2O3/c15-9-2-1-8(12(16)5-9)7-20-10-3-4-11(14(18)19)13(17)6-10/h1-6H,7H2,(H,18,19). The van der Waals surface area contributed by atoms with E-state index in [1.54, 1.807) is 12.1 Å². The Kier molecular flexibility index (Phi) is 4.34. The molecule has 0 radical (unpaired) electrons. The van der Waals surface area contributed by atoms with Gasteiger partial charge in [0.2, 0.25) is 0 Å². The first-order valence-electron chi connectivity index (χ1n) is 5.57. The van der Waals surface area contributed by atoms with Crippen LogP contribution in [0, 0.1) is 11.6 Å². The maximum Gasteiger partial charge on any atom is 0.338 e. The molecule has 0 bridgehead atoms. The highest BCUT2D eigenvalue weighted by Crippen LogP contribution is 2.20. The number of rotatable bonds is 4. The Morgan fingerprint density at radius 2 is 1.90 bits per heavy atom. The van der Waals surface area contributed by atoms with Crippen LogP contribution < -0.4 is 4.74 Å². The second-order valence-electron chi connectivity index (χ2n) is 3.97. The van der Waals surface area contributed by atoms with Crippen molar-refractivity contribution in [3.8, 4) is 5.75 Å². The zero-order chi connectivity index (χ0) is 14.7. The molecule has 0 aliphatic rings. The number of carboxylic acid groups (broad SMARTS) is 1. The van der Waals surface area contributed by atoms with Gasteiger partial charge < -0.3 is 9.84 Å². The molecule has 0 amide bonds. The lowest BCUT2D eigenvalue weighted by molar-refractivity contribution is 0.0692. The van der Waals surface area contributed by atoms with Crippen molar-refractivity contribution in [3.63, 3.8) is 0 Å². The van der Waals surface area contributed by atoms with E-state index >= 15 is 0 Å². The Hall–Kier alpha value is -1.95. The van der Waals surface area contributed by atoms with E-state index in [0.717, 1.165) is 12.1 Å². The van der Waals surface area contributed by atoms with Gasteiger partial charge in [-0.3, -0.25) is 0 Å². The number of benzene rings is 2. The second kappa shape index (κ2) is 6.00. The van der Waals surface area contributed by atoms with E-state index in [9.17, 15) is 13.6 Å². The lowest BCUT2D eigenvalue weighted by atomic mass is 10.2. The van der Waals surface area contributed by atoms with Gasteiger partial charge >= 0.3 is 5.97 Å². The highest BCUT2D eigenvalue weighted by molar-refractivity contribution is 9.10. The Morgan fingerprint density at radius 3 is 2.50 bits per heavy atom. The molecule has 0 unspecified atom stereocenters. The van der Waals surface area contributed by atoms with Crippen molar-refractivity contribution >= 4 is 21.9 Å². The molecule has 0 saturated carbocycles. The normalized spacial score (nSPS) is 10.3. The summed E-state index contributed by atoms with van der Waals surface area (Å²) in [5, 5.41) is 8.69. The summed E-state index contributed by atoms with van der Waals surface area (Å²) >= 11 is 3.14. The maximum absolute atomic E-state index is 13.5. The van der Waals surface area contributed by atoms with E-state index in [1.165, 1.54) is 12.1 Å². The van der Waals surface area contributed by atoms with Crippen LogP contribution in [0.1, 0.15) is 15.9 Å². The van der Waals surface area contributed by atoms with Crippen molar-refractivity contribution in [2.45, 2.75) is 6.61 Å². The molecule has 0 aliphatic heterocycles. The van der Waals surface area contributed by atoms with Crippen LogP contribution in [0.3, 0.4) is 0 Å². The van der Waals surface area contributed by atoms with Crippen molar-refractivity contribution in [2.75, 3.05) is 0 Å². The van der Waals surface area contributed by atoms with Crippen molar-refractivity contribution in [1.82, 2.24) is 0 Å². The van der Waals surface area contributed by atoms with Crippen LogP contribution >= 0.6 is 15.9 Å². The van der Waals surface area contributed by atoms with Gasteiger partial charge in [-0.25, -0.2) is 13.6 Å². The largest absolute Gasteiger partial charge is 0.489 e. The van der Waals surface area contributed by atoms with E-state index in [0.29, 0.717) is 10.0 Å². The molecule has 0 atom stereocenters. The lowest BCUT2D eigenvalue weighted by Crippen LogP contribution is -2.02. The molecule has 6 heteroatoms. The van der Waals surface area contributed by atoms with Crippen LogP contribution in [-0.4, -0.2) is 11.1 Å². The number of ether oxygens (including phenoxy) is 1. The second-order valence-corrected chi connectivity index (χ2v) is 4.89. The molecule has 0 spiro atoms. The first kappa shape index (κ1) is 14.5. The van der Waals surface area contributed by atoms with Gasteiger partial charge in [-0.05, 0) is 24.3 Å². The predicted octanol–water partition coefficient (Wildman–Crippen LogP) is 4.00. The van der Waals surface area contributed by atoms with E-state index < -0.39 is 23.2 Å². The molecule has 0 fully saturated rings. The van der Waals surface area contributed by atoms with Gasteiger partial charge in [0.1, 0.15) is 24.0 Å². The van der Waals surface area contributed by atoms with Crippen molar-refractivity contribution in [2.24, 2.45) is 0 Å². The smallest absolute Gasteiger partial charge is 0.338 e. The van der Waals surface area contributed by atoms with E-state index in [-0.39, 0.29) is 12.4 Å². The number of carbonyl (C=O) groups is 1. The third kappa shape index (κ3) is 3.33. The van der Waals surface area contributed by atoms with Crippen LogP contribution in [-0.2, 0) is 6.61 Å². The molecule has 0 saturated heterocycles. The summed E-state index contributed by atoms with van der Waals surface area (Å²) in [5.41, 5.74) is -0.122. The Balaban J connectivity index is 2.11. The van der Waals surface area contributed by atoms with Gasteiger partial charge in [0, 0.05) is 16.1 Å². The Bertz CT molecular complexity index is 659. The van der Waals surface area contributed by atoms with Gasteiger partial charge in [0.05, 0.1) is 5.56 Å². The van der Waals surface area contributed by atoms with Crippen LogP contribution in [0.4, 0.5) is 8.78 Å². The topological polar surface area (TPSA) is 46.5 Å². The molecular formula is C14H9BrF2O3. The number of aromatic carboxylic acids is 1. The van der Waals surface area contributed by atoms with Crippen molar-refractivity contribution < 1.29 is 23.4 Å². The van der Waals surface area contributed by atoms with Gasteiger partial charge in [-0.2, -0.15) is 0 Å². The van der Waals surface area contributed by atoms with E-state index in [1.807, 2.05) is 0 Å². The minimum Gasteiger partial charge on any atom is -0.489 e. The zero-order valence-electron chi connectivity index (χ0n) is 10.1. The van der Waals surface area contributed by atoms with Crippen LogP contribution in [0.5, 0.6) is 5.75 Å². The quantitative estimate of drug-likeness (QED) is 0.913. The minimum atomic E-state index is -1.35. The van der Waals surface area contributed by atoms with Crippen LogP contribution in [0.2, 0.25) is 0 Å². The first-order valence-corrected chi connectivity index (χ1v) is 6.36. The third-order valence-corrected chi connectivity index (χ3v) is 3.07. The van der Waals surface area contributed by atoms with Crippen molar-refractivity contribution in [1.29, 1.82) is 0 Å². The molecule has 0 aromatic heterocycles. The van der Waals surface area contributed by atoms with Gasteiger partial charge in [-0.1, -0.05) is 22.0 Å². The SMILES string of the molecule is O=C(O)c1ccc(OCc2ccc(Br)cc2F)cc1F. The molecular weight excluding hydrogens is 334 g/mol. The molecule has 2 aromatic carbocycles. The van der Waals surface area contributed by atoms with Gasteiger partial charge in [-0.15, -0.1) is 0 Å². The summed E-state index contributed by atoms with van der Waals surface area (Å²) < 4.78 is 32.8. The Labute approximate surface area is 121 Å². The van der Waals surface area contributed by atoms with Gasteiger partial charge in [0.15, 0.2) is 0 Å². The fraction of sp³-hybridized carbons (Fsp3) is 0.0714. The molecule has 20 heavy (non-hydrogen) atoms. The number of carboxylic acids is 1.